The fourth-order valence-electron chi connectivity index (χ4n) is 8.24. The van der Waals surface area contributed by atoms with Crippen LogP contribution < -0.4 is 0 Å². The van der Waals surface area contributed by atoms with E-state index in [1.54, 1.807) is 0 Å². The summed E-state index contributed by atoms with van der Waals surface area (Å²) >= 11 is 0. The van der Waals surface area contributed by atoms with Crippen molar-refractivity contribution in [2.45, 2.75) is 18.9 Å². The van der Waals surface area contributed by atoms with E-state index < -0.39 is 0 Å². The molecule has 2 heteroatoms. The molecule has 0 bridgehead atoms. The second-order valence-corrected chi connectivity index (χ2v) is 13.2. The smallest absolute Gasteiger partial charge is 0.0643 e. The summed E-state index contributed by atoms with van der Waals surface area (Å²) in [6, 6.07) is 51.7. The van der Waals surface area contributed by atoms with E-state index in [2.05, 4.69) is 180 Å². The van der Waals surface area contributed by atoms with E-state index in [1.807, 2.05) is 0 Å². The highest BCUT2D eigenvalue weighted by Crippen LogP contribution is 2.43. The van der Waals surface area contributed by atoms with Gasteiger partial charge in [0.2, 0.25) is 0 Å². The van der Waals surface area contributed by atoms with Crippen LogP contribution in [0.3, 0.4) is 0 Å². The van der Waals surface area contributed by atoms with E-state index in [1.165, 1.54) is 82.0 Å². The third-order valence-electron chi connectivity index (χ3n) is 10.4. The molecule has 1 aliphatic rings. The number of nitrogens with zero attached hydrogens (tertiary/aromatic N) is 2. The number of para-hydroxylation sites is 2. The van der Waals surface area contributed by atoms with Gasteiger partial charge in [-0.15, -0.1) is 0 Å². The van der Waals surface area contributed by atoms with Crippen molar-refractivity contribution in [2.75, 3.05) is 0 Å². The van der Waals surface area contributed by atoms with Crippen molar-refractivity contribution in [3.63, 3.8) is 0 Å². The number of hydrogen-bond donors (Lipinski definition) is 0. The van der Waals surface area contributed by atoms with Crippen molar-refractivity contribution in [3.8, 4) is 16.8 Å². The molecule has 222 valence electrons. The summed E-state index contributed by atoms with van der Waals surface area (Å²) in [6.45, 7) is 2.36. The van der Waals surface area contributed by atoms with Crippen LogP contribution in [0.1, 0.15) is 13.3 Å². The lowest BCUT2D eigenvalue weighted by atomic mass is 9.92. The lowest BCUT2D eigenvalue weighted by molar-refractivity contribution is 0.437. The summed E-state index contributed by atoms with van der Waals surface area (Å²) in [4.78, 5) is 0. The van der Waals surface area contributed by atoms with Crippen LogP contribution >= 0.6 is 0 Å². The third kappa shape index (κ3) is 3.79. The number of aromatic nitrogens is 2. The molecular formula is C45H32N2. The minimum absolute atomic E-state index is 0.166. The molecule has 9 aromatic rings. The van der Waals surface area contributed by atoms with Gasteiger partial charge in [0.15, 0.2) is 0 Å². The number of fused-ring (bicyclic) bond motifs is 9. The van der Waals surface area contributed by atoms with Crippen molar-refractivity contribution >= 4 is 65.2 Å². The predicted octanol–water partition coefficient (Wildman–Crippen LogP) is 12.1. The number of allylic oxidation sites excluding steroid dienone is 4. The van der Waals surface area contributed by atoms with Gasteiger partial charge in [-0.25, -0.2) is 0 Å². The largest absolute Gasteiger partial charge is 0.331 e. The number of rotatable bonds is 3. The summed E-state index contributed by atoms with van der Waals surface area (Å²) < 4.78 is 4.99. The van der Waals surface area contributed by atoms with Crippen LogP contribution in [0.15, 0.2) is 164 Å². The van der Waals surface area contributed by atoms with Gasteiger partial charge in [0.05, 0.1) is 22.1 Å². The molecule has 0 saturated heterocycles. The fraction of sp³-hybridized carbons (Fsp3) is 0.0667. The van der Waals surface area contributed by atoms with Crippen molar-refractivity contribution in [2.24, 2.45) is 0 Å². The Labute approximate surface area is 273 Å². The van der Waals surface area contributed by atoms with E-state index in [9.17, 15) is 0 Å². The summed E-state index contributed by atoms with van der Waals surface area (Å²) in [5.41, 5.74) is 8.50. The van der Waals surface area contributed by atoms with Crippen LogP contribution in [0, 0.1) is 0 Å². The molecule has 0 radical (unpaired) electrons. The van der Waals surface area contributed by atoms with Gasteiger partial charge >= 0.3 is 0 Å². The van der Waals surface area contributed by atoms with Gasteiger partial charge in [0.25, 0.3) is 0 Å². The van der Waals surface area contributed by atoms with E-state index in [4.69, 9.17) is 0 Å². The van der Waals surface area contributed by atoms with Crippen LogP contribution in [0.25, 0.3) is 82.0 Å². The Bertz CT molecular complexity index is 2730. The van der Waals surface area contributed by atoms with E-state index in [0.717, 1.165) is 6.42 Å². The van der Waals surface area contributed by atoms with Crippen molar-refractivity contribution in [1.29, 1.82) is 0 Å². The van der Waals surface area contributed by atoms with Crippen LogP contribution in [0.4, 0.5) is 0 Å². The molecule has 7 aromatic carbocycles. The highest BCUT2D eigenvalue weighted by atomic mass is 15.1. The molecule has 1 unspecified atom stereocenters. The Morgan fingerprint density at radius 3 is 1.83 bits per heavy atom. The molecule has 1 atom stereocenters. The lowest BCUT2D eigenvalue weighted by Gasteiger charge is -2.31. The molecule has 1 aliphatic carbocycles. The predicted molar refractivity (Wildman–Crippen MR) is 201 cm³/mol. The average molecular weight is 601 g/mol. The standard InChI is InChI=1S/C45H32N2/c1-45(25-11-2-12-26-45)47-43-23-21-31(38-27-30-13-3-4-14-33(30)34-15-5-6-16-35(34)38)28-39(43)40-29-32(22-24-44(40)47)46-41-19-9-7-17-36(41)37-18-8-10-20-42(37)46/h2-25,27-29H,26H2,1H3. The molecule has 0 saturated carbocycles. The number of hydrogen-bond acceptors (Lipinski definition) is 0. The normalized spacial score (nSPS) is 16.4. The molecule has 2 nitrogen and oxygen atoms in total. The zero-order valence-electron chi connectivity index (χ0n) is 26.2. The molecule has 0 N–H and O–H groups in total. The molecule has 10 rings (SSSR count). The van der Waals surface area contributed by atoms with Gasteiger partial charge < -0.3 is 9.13 Å². The monoisotopic (exact) mass is 600 g/mol. The maximum Gasteiger partial charge on any atom is 0.0643 e. The first-order valence-corrected chi connectivity index (χ1v) is 16.5. The summed E-state index contributed by atoms with van der Waals surface area (Å²) in [7, 11) is 0. The van der Waals surface area contributed by atoms with Crippen molar-refractivity contribution in [3.05, 3.63) is 164 Å². The Kier molecular flexibility index (Phi) is 5.51. The summed E-state index contributed by atoms with van der Waals surface area (Å²) in [5, 5.41) is 10.3. The quantitative estimate of drug-likeness (QED) is 0.179. The van der Waals surface area contributed by atoms with Gasteiger partial charge in [-0.3, -0.25) is 0 Å². The van der Waals surface area contributed by atoms with Gasteiger partial charge in [-0.05, 0) is 94.5 Å². The second kappa shape index (κ2) is 9.82. The molecule has 0 spiro atoms. The van der Waals surface area contributed by atoms with Gasteiger partial charge in [-0.1, -0.05) is 115 Å². The highest BCUT2D eigenvalue weighted by Gasteiger charge is 2.28. The van der Waals surface area contributed by atoms with Crippen LogP contribution in [-0.2, 0) is 5.54 Å². The Hall–Kier alpha value is -5.86. The number of benzene rings is 7. The second-order valence-electron chi connectivity index (χ2n) is 13.2. The van der Waals surface area contributed by atoms with Crippen molar-refractivity contribution < 1.29 is 0 Å². The van der Waals surface area contributed by atoms with Crippen molar-refractivity contribution in [1.82, 2.24) is 9.13 Å². The summed E-state index contributed by atoms with van der Waals surface area (Å²) in [6.07, 6.45) is 9.97. The van der Waals surface area contributed by atoms with Gasteiger partial charge in [-0.2, -0.15) is 0 Å². The highest BCUT2D eigenvalue weighted by molar-refractivity contribution is 6.16. The minimum Gasteiger partial charge on any atom is -0.331 e. The minimum atomic E-state index is -0.166. The van der Waals surface area contributed by atoms with E-state index in [-0.39, 0.29) is 5.54 Å². The molecular weight excluding hydrogens is 569 g/mol. The maximum atomic E-state index is 2.57. The van der Waals surface area contributed by atoms with Gasteiger partial charge in [0, 0.05) is 32.7 Å². The van der Waals surface area contributed by atoms with Crippen LogP contribution in [0.5, 0.6) is 0 Å². The molecule has 47 heavy (non-hydrogen) atoms. The van der Waals surface area contributed by atoms with E-state index >= 15 is 0 Å². The first kappa shape index (κ1) is 26.4. The molecule has 2 aromatic heterocycles. The fourth-order valence-corrected chi connectivity index (χ4v) is 8.24. The third-order valence-corrected chi connectivity index (χ3v) is 10.4. The van der Waals surface area contributed by atoms with Crippen LogP contribution in [-0.4, -0.2) is 9.13 Å². The Balaban J connectivity index is 1.29. The molecule has 0 amide bonds. The Morgan fingerprint density at radius 1 is 0.489 bits per heavy atom. The zero-order valence-corrected chi connectivity index (χ0v) is 26.2. The zero-order chi connectivity index (χ0) is 31.1. The van der Waals surface area contributed by atoms with Gasteiger partial charge in [0.1, 0.15) is 0 Å². The van der Waals surface area contributed by atoms with Crippen LogP contribution in [0.2, 0.25) is 0 Å². The molecule has 0 fully saturated rings. The lowest BCUT2D eigenvalue weighted by Crippen LogP contribution is -2.27. The average Bonchev–Trinajstić information content (AvgIpc) is 3.64. The molecule has 2 heterocycles. The molecule has 0 aliphatic heterocycles. The first-order valence-electron chi connectivity index (χ1n) is 16.5. The summed E-state index contributed by atoms with van der Waals surface area (Å²) in [5.74, 6) is 0. The maximum absolute atomic E-state index is 2.57. The van der Waals surface area contributed by atoms with E-state index in [0.29, 0.717) is 0 Å². The Morgan fingerprint density at radius 2 is 1.11 bits per heavy atom. The first-order chi connectivity index (χ1) is 23.2. The topological polar surface area (TPSA) is 9.86 Å². The SMILES string of the molecule is CC1(n2c3ccc(-c4cc5ccccc5c5ccccc45)cc3c3cc(-n4c5ccccc5c5ccccc54)ccc32)C=CC=CC1.